The third-order valence-corrected chi connectivity index (χ3v) is 3.13. The van der Waals surface area contributed by atoms with Crippen molar-refractivity contribution in [3.8, 4) is 5.75 Å². The molecule has 0 spiro atoms. The normalized spacial score (nSPS) is 16.2. The number of likely N-dealkylation sites (N-methyl/N-ethyl adjacent to an activating group) is 1. The summed E-state index contributed by atoms with van der Waals surface area (Å²) in [5.74, 6) is 1.01. The van der Waals surface area contributed by atoms with E-state index in [2.05, 4.69) is 4.90 Å². The van der Waals surface area contributed by atoms with E-state index in [0.717, 1.165) is 31.1 Å². The Morgan fingerprint density at radius 1 is 1.29 bits per heavy atom. The molecule has 0 bridgehead atoms. The van der Waals surface area contributed by atoms with E-state index in [-0.39, 0.29) is 5.91 Å². The number of para-hydroxylation sites is 2. The molecule has 0 atom stereocenters. The second-order valence-electron chi connectivity index (χ2n) is 4.07. The lowest BCUT2D eigenvalue weighted by atomic mass is 10.2. The molecule has 1 saturated heterocycles. The van der Waals surface area contributed by atoms with Gasteiger partial charge in [0.1, 0.15) is 5.75 Å². The number of carbonyl (C=O) groups excluding carboxylic acids is 1. The fraction of sp³-hybridized carbons (Fsp3) is 0.462. The van der Waals surface area contributed by atoms with E-state index < -0.39 is 0 Å². The molecule has 92 valence electrons. The van der Waals surface area contributed by atoms with Crippen LogP contribution in [-0.2, 0) is 4.79 Å². The van der Waals surface area contributed by atoms with Crippen molar-refractivity contribution in [2.24, 2.45) is 0 Å². The van der Waals surface area contributed by atoms with Crippen molar-refractivity contribution in [1.82, 2.24) is 4.90 Å². The van der Waals surface area contributed by atoms with Crippen molar-refractivity contribution < 1.29 is 9.53 Å². The molecule has 1 aliphatic rings. The molecule has 1 amide bonds. The average molecular weight is 234 g/mol. The minimum Gasteiger partial charge on any atom is -0.495 e. The summed E-state index contributed by atoms with van der Waals surface area (Å²) in [6.07, 6.45) is 0. The number of ether oxygens (including phenoxy) is 1. The van der Waals surface area contributed by atoms with Crippen molar-refractivity contribution in [2.45, 2.75) is 6.92 Å². The second-order valence-corrected chi connectivity index (χ2v) is 4.07. The minimum absolute atomic E-state index is 0.185. The number of anilines is 1. The average Bonchev–Trinajstić information content (AvgIpc) is 2.38. The number of piperazine rings is 1. The highest BCUT2D eigenvalue weighted by Crippen LogP contribution is 2.28. The van der Waals surface area contributed by atoms with Crippen LogP contribution in [0.5, 0.6) is 5.75 Å². The summed E-state index contributed by atoms with van der Waals surface area (Å²) in [5, 5.41) is 0. The summed E-state index contributed by atoms with van der Waals surface area (Å²) in [7, 11) is 1.66. The summed E-state index contributed by atoms with van der Waals surface area (Å²) < 4.78 is 5.32. The topological polar surface area (TPSA) is 32.8 Å². The quantitative estimate of drug-likeness (QED) is 0.791. The molecule has 1 heterocycles. The molecule has 1 aliphatic heterocycles. The van der Waals surface area contributed by atoms with Gasteiger partial charge in [-0.2, -0.15) is 0 Å². The van der Waals surface area contributed by atoms with Crippen LogP contribution in [0.1, 0.15) is 6.92 Å². The highest BCUT2D eigenvalue weighted by Gasteiger charge is 2.24. The Kier molecular flexibility index (Phi) is 3.52. The number of amides is 1. The Labute approximate surface area is 102 Å². The van der Waals surface area contributed by atoms with E-state index in [4.69, 9.17) is 4.74 Å². The van der Waals surface area contributed by atoms with E-state index in [1.54, 1.807) is 7.11 Å². The van der Waals surface area contributed by atoms with Gasteiger partial charge in [-0.3, -0.25) is 4.79 Å². The predicted molar refractivity (Wildman–Crippen MR) is 67.5 cm³/mol. The second kappa shape index (κ2) is 5.08. The van der Waals surface area contributed by atoms with Crippen LogP contribution in [0.25, 0.3) is 0 Å². The van der Waals surface area contributed by atoms with Gasteiger partial charge in [-0.1, -0.05) is 12.1 Å². The van der Waals surface area contributed by atoms with Gasteiger partial charge >= 0.3 is 0 Å². The summed E-state index contributed by atoms with van der Waals surface area (Å²) in [6, 6.07) is 7.82. The SMILES string of the molecule is CCN1CCN(c2ccccc2OC)CC1=O. The van der Waals surface area contributed by atoms with Gasteiger partial charge < -0.3 is 14.5 Å². The zero-order valence-electron chi connectivity index (χ0n) is 10.3. The molecule has 17 heavy (non-hydrogen) atoms. The number of nitrogens with zero attached hydrogens (tertiary/aromatic N) is 2. The summed E-state index contributed by atoms with van der Waals surface area (Å²) in [5.41, 5.74) is 0.999. The molecule has 2 rings (SSSR count). The predicted octanol–water partition coefficient (Wildman–Crippen LogP) is 1.36. The van der Waals surface area contributed by atoms with Gasteiger partial charge in [-0.25, -0.2) is 0 Å². The molecule has 0 unspecified atom stereocenters. The minimum atomic E-state index is 0.185. The number of hydrogen-bond donors (Lipinski definition) is 0. The van der Waals surface area contributed by atoms with Crippen LogP contribution in [0.15, 0.2) is 24.3 Å². The molecule has 1 aromatic rings. The Hall–Kier alpha value is -1.71. The van der Waals surface area contributed by atoms with Gasteiger partial charge in [0.2, 0.25) is 5.91 Å². The van der Waals surface area contributed by atoms with Gasteiger partial charge in [0.25, 0.3) is 0 Å². The first-order valence-electron chi connectivity index (χ1n) is 5.92. The van der Waals surface area contributed by atoms with Crippen molar-refractivity contribution in [2.75, 3.05) is 38.2 Å². The van der Waals surface area contributed by atoms with Crippen LogP contribution in [0.4, 0.5) is 5.69 Å². The zero-order chi connectivity index (χ0) is 12.3. The maximum Gasteiger partial charge on any atom is 0.242 e. The van der Waals surface area contributed by atoms with Crippen molar-refractivity contribution >= 4 is 11.6 Å². The number of rotatable bonds is 3. The van der Waals surface area contributed by atoms with Crippen LogP contribution in [0.3, 0.4) is 0 Å². The van der Waals surface area contributed by atoms with Crippen LogP contribution in [0, 0.1) is 0 Å². The van der Waals surface area contributed by atoms with Gasteiger partial charge in [0, 0.05) is 19.6 Å². The molecular formula is C13H18N2O2. The fourth-order valence-electron chi connectivity index (χ4n) is 2.14. The van der Waals surface area contributed by atoms with E-state index in [9.17, 15) is 4.79 Å². The molecule has 1 aromatic carbocycles. The first kappa shape index (κ1) is 11.8. The third kappa shape index (κ3) is 2.35. The molecule has 0 aromatic heterocycles. The zero-order valence-corrected chi connectivity index (χ0v) is 10.3. The highest BCUT2D eigenvalue weighted by molar-refractivity contribution is 5.83. The Bertz CT molecular complexity index is 406. The molecule has 0 N–H and O–H groups in total. The lowest BCUT2D eigenvalue weighted by molar-refractivity contribution is -0.130. The molecule has 4 nitrogen and oxygen atoms in total. The molecule has 1 fully saturated rings. The number of carbonyl (C=O) groups is 1. The molecule has 0 radical (unpaired) electrons. The summed E-state index contributed by atoms with van der Waals surface area (Å²) in [4.78, 5) is 15.8. The summed E-state index contributed by atoms with van der Waals surface area (Å²) in [6.45, 7) is 4.89. The molecule has 0 aliphatic carbocycles. The highest BCUT2D eigenvalue weighted by atomic mass is 16.5. The van der Waals surface area contributed by atoms with Gasteiger partial charge in [-0.15, -0.1) is 0 Å². The fourth-order valence-corrected chi connectivity index (χ4v) is 2.14. The van der Waals surface area contributed by atoms with Gasteiger partial charge in [0.15, 0.2) is 0 Å². The maximum atomic E-state index is 11.9. The van der Waals surface area contributed by atoms with Crippen LogP contribution in [0.2, 0.25) is 0 Å². The van der Waals surface area contributed by atoms with Gasteiger partial charge in [0.05, 0.1) is 19.3 Å². The lowest BCUT2D eigenvalue weighted by Gasteiger charge is -2.35. The Morgan fingerprint density at radius 3 is 2.71 bits per heavy atom. The van der Waals surface area contributed by atoms with Crippen LogP contribution < -0.4 is 9.64 Å². The Balaban J connectivity index is 2.16. The van der Waals surface area contributed by atoms with E-state index in [1.807, 2.05) is 36.1 Å². The monoisotopic (exact) mass is 234 g/mol. The Morgan fingerprint density at radius 2 is 2.06 bits per heavy atom. The van der Waals surface area contributed by atoms with Crippen LogP contribution in [-0.4, -0.2) is 44.1 Å². The van der Waals surface area contributed by atoms with Crippen molar-refractivity contribution in [1.29, 1.82) is 0 Å². The summed E-state index contributed by atoms with van der Waals surface area (Å²) >= 11 is 0. The first-order valence-corrected chi connectivity index (χ1v) is 5.92. The smallest absolute Gasteiger partial charge is 0.242 e. The molecule has 4 heteroatoms. The van der Waals surface area contributed by atoms with Crippen molar-refractivity contribution in [3.05, 3.63) is 24.3 Å². The molecule has 0 saturated carbocycles. The third-order valence-electron chi connectivity index (χ3n) is 3.13. The first-order chi connectivity index (χ1) is 8.26. The number of hydrogen-bond acceptors (Lipinski definition) is 3. The largest absolute Gasteiger partial charge is 0.495 e. The van der Waals surface area contributed by atoms with Crippen molar-refractivity contribution in [3.63, 3.8) is 0 Å². The lowest BCUT2D eigenvalue weighted by Crippen LogP contribution is -2.50. The van der Waals surface area contributed by atoms with E-state index >= 15 is 0 Å². The molecular weight excluding hydrogens is 216 g/mol. The number of benzene rings is 1. The standard InChI is InChI=1S/C13H18N2O2/c1-3-14-8-9-15(10-13(14)16)11-6-4-5-7-12(11)17-2/h4-7H,3,8-10H2,1-2H3. The number of methoxy groups -OCH3 is 1. The van der Waals surface area contributed by atoms with E-state index in [1.165, 1.54) is 0 Å². The van der Waals surface area contributed by atoms with Gasteiger partial charge in [-0.05, 0) is 19.1 Å². The maximum absolute atomic E-state index is 11.9. The van der Waals surface area contributed by atoms with E-state index in [0.29, 0.717) is 6.54 Å². The van der Waals surface area contributed by atoms with Crippen LogP contribution >= 0.6 is 0 Å².